The van der Waals surface area contributed by atoms with Crippen LogP contribution in [0.2, 0.25) is 0 Å². The molecule has 0 saturated carbocycles. The zero-order valence-corrected chi connectivity index (χ0v) is 18.6. The lowest BCUT2D eigenvalue weighted by Gasteiger charge is -2.27. The van der Waals surface area contributed by atoms with Gasteiger partial charge in [-0.25, -0.2) is 4.98 Å². The summed E-state index contributed by atoms with van der Waals surface area (Å²) in [6, 6.07) is 25.3. The Kier molecular flexibility index (Phi) is 4.69. The second kappa shape index (κ2) is 7.88. The molecule has 1 atom stereocenters. The van der Waals surface area contributed by atoms with Crippen LogP contribution in [0, 0.1) is 0 Å². The van der Waals surface area contributed by atoms with E-state index in [1.54, 1.807) is 11.6 Å². The molecule has 7 nitrogen and oxygen atoms in total. The van der Waals surface area contributed by atoms with Crippen LogP contribution in [0.1, 0.15) is 29.0 Å². The maximum Gasteiger partial charge on any atom is 0.260 e. The number of anilines is 1. The molecule has 0 spiro atoms. The molecule has 1 aliphatic rings. The summed E-state index contributed by atoms with van der Waals surface area (Å²) in [6.07, 6.45) is 0.199. The maximum absolute atomic E-state index is 13.5. The molecule has 5 aromatic rings. The number of fused-ring (bicyclic) bond motifs is 5. The number of imidazole rings is 1. The molecule has 2 aromatic heterocycles. The van der Waals surface area contributed by atoms with E-state index in [0.29, 0.717) is 23.8 Å². The van der Waals surface area contributed by atoms with Crippen LogP contribution in [-0.2, 0) is 18.4 Å². The summed E-state index contributed by atoms with van der Waals surface area (Å²) in [5.74, 6) is 1.23. The third-order valence-corrected chi connectivity index (χ3v) is 6.38. The third kappa shape index (κ3) is 3.25. The first-order chi connectivity index (χ1) is 16.6. The fourth-order valence-corrected chi connectivity index (χ4v) is 4.68. The topological polar surface area (TPSA) is 77.6 Å². The molecule has 34 heavy (non-hydrogen) atoms. The first-order valence-electron chi connectivity index (χ1n) is 11.2. The van der Waals surface area contributed by atoms with E-state index >= 15 is 0 Å². The summed E-state index contributed by atoms with van der Waals surface area (Å²) >= 11 is 0. The molecule has 0 aliphatic carbocycles. The van der Waals surface area contributed by atoms with Gasteiger partial charge >= 0.3 is 0 Å². The summed E-state index contributed by atoms with van der Waals surface area (Å²) in [5, 5.41) is 2.94. The van der Waals surface area contributed by atoms with E-state index in [1.807, 2.05) is 83.3 Å². The maximum atomic E-state index is 13.5. The van der Waals surface area contributed by atoms with Crippen molar-refractivity contribution in [2.75, 3.05) is 5.32 Å². The minimum atomic E-state index is -0.365. The highest BCUT2D eigenvalue weighted by atomic mass is 16.5. The van der Waals surface area contributed by atoms with Gasteiger partial charge in [0, 0.05) is 19.4 Å². The van der Waals surface area contributed by atoms with Crippen molar-refractivity contribution in [2.24, 2.45) is 7.05 Å². The Morgan fingerprint density at radius 2 is 1.71 bits per heavy atom. The van der Waals surface area contributed by atoms with Crippen LogP contribution in [0.25, 0.3) is 16.8 Å². The summed E-state index contributed by atoms with van der Waals surface area (Å²) in [5.41, 5.74) is 3.99. The van der Waals surface area contributed by atoms with Gasteiger partial charge in [0.1, 0.15) is 18.2 Å². The van der Waals surface area contributed by atoms with Gasteiger partial charge in [-0.2, -0.15) is 0 Å². The zero-order valence-electron chi connectivity index (χ0n) is 18.6. The highest BCUT2D eigenvalue weighted by Crippen LogP contribution is 2.37. The second-order valence-corrected chi connectivity index (χ2v) is 8.51. The molecule has 168 valence electrons. The van der Waals surface area contributed by atoms with E-state index in [0.717, 1.165) is 27.9 Å². The number of nitrogens with zero attached hydrogens (tertiary/aromatic N) is 3. The van der Waals surface area contributed by atoms with Gasteiger partial charge in [0.15, 0.2) is 0 Å². The molecule has 6 rings (SSSR count). The van der Waals surface area contributed by atoms with Crippen molar-refractivity contribution in [1.82, 2.24) is 14.0 Å². The number of para-hydroxylation sites is 2. The van der Waals surface area contributed by atoms with E-state index < -0.39 is 0 Å². The molecule has 0 saturated heterocycles. The molecular formula is C27H22N4O3. The van der Waals surface area contributed by atoms with Crippen LogP contribution in [0.5, 0.6) is 5.75 Å². The predicted octanol–water partition coefficient (Wildman–Crippen LogP) is 4.24. The average Bonchev–Trinajstić information content (AvgIpc) is 3.26. The predicted molar refractivity (Wildman–Crippen MR) is 130 cm³/mol. The van der Waals surface area contributed by atoms with Crippen molar-refractivity contribution in [3.63, 3.8) is 0 Å². The Morgan fingerprint density at radius 1 is 0.971 bits per heavy atom. The first-order valence-corrected chi connectivity index (χ1v) is 11.2. The largest absolute Gasteiger partial charge is 0.489 e. The fraction of sp³-hybridized carbons (Fsp3) is 0.148. The van der Waals surface area contributed by atoms with E-state index in [9.17, 15) is 9.59 Å². The minimum Gasteiger partial charge on any atom is -0.489 e. The fourth-order valence-electron chi connectivity index (χ4n) is 4.68. The van der Waals surface area contributed by atoms with Crippen molar-refractivity contribution in [3.05, 3.63) is 106 Å². The molecule has 0 bridgehead atoms. The number of carbonyl (C=O) groups excluding carboxylic acids is 1. The standard InChI is InChI=1S/C27H22N4O3/c1-30-26(33)24-20(18-11-13-19(14-12-18)34-16-17-7-3-2-4-8-17)15-23(32)29-25(24)31-22-10-6-5-9-21(22)28-27(30)31/h2-14,20H,15-16H2,1H3,(H,29,32). The number of rotatable bonds is 4. The van der Waals surface area contributed by atoms with Crippen LogP contribution in [-0.4, -0.2) is 19.9 Å². The zero-order chi connectivity index (χ0) is 23.2. The van der Waals surface area contributed by atoms with Gasteiger partial charge in [0.2, 0.25) is 11.7 Å². The Morgan fingerprint density at radius 3 is 2.50 bits per heavy atom. The summed E-state index contributed by atoms with van der Waals surface area (Å²) in [7, 11) is 1.72. The van der Waals surface area contributed by atoms with E-state index in [4.69, 9.17) is 4.74 Å². The SMILES string of the molecule is Cn1c(=O)c2c(n3c4ccccc4nc13)NC(=O)CC2c1ccc(OCc2ccccc2)cc1. The normalized spacial score (nSPS) is 15.3. The Hall–Kier alpha value is -4.39. The van der Waals surface area contributed by atoms with E-state index in [2.05, 4.69) is 10.3 Å². The van der Waals surface area contributed by atoms with Crippen LogP contribution in [0.15, 0.2) is 83.7 Å². The van der Waals surface area contributed by atoms with Crippen LogP contribution in [0.4, 0.5) is 5.82 Å². The molecule has 1 unspecified atom stereocenters. The number of amides is 1. The molecule has 0 fully saturated rings. The number of hydrogen-bond acceptors (Lipinski definition) is 4. The number of aromatic nitrogens is 3. The summed E-state index contributed by atoms with van der Waals surface area (Å²) in [4.78, 5) is 30.8. The van der Waals surface area contributed by atoms with Crippen molar-refractivity contribution < 1.29 is 9.53 Å². The molecular weight excluding hydrogens is 428 g/mol. The van der Waals surface area contributed by atoms with Gasteiger partial charge in [0.25, 0.3) is 5.56 Å². The van der Waals surface area contributed by atoms with E-state index in [-0.39, 0.29) is 23.8 Å². The lowest BCUT2D eigenvalue weighted by atomic mass is 9.86. The Labute approximate surface area is 195 Å². The van der Waals surface area contributed by atoms with E-state index in [1.165, 1.54) is 0 Å². The van der Waals surface area contributed by atoms with Gasteiger partial charge in [0.05, 0.1) is 16.6 Å². The Bertz CT molecular complexity index is 1600. The highest BCUT2D eigenvalue weighted by Gasteiger charge is 2.33. The van der Waals surface area contributed by atoms with Gasteiger partial charge in [-0.3, -0.25) is 18.6 Å². The molecule has 3 heterocycles. The number of hydrogen-bond donors (Lipinski definition) is 1. The van der Waals surface area contributed by atoms with Gasteiger partial charge in [-0.15, -0.1) is 0 Å². The number of benzene rings is 3. The molecule has 7 heteroatoms. The first kappa shape index (κ1) is 20.2. The lowest BCUT2D eigenvalue weighted by Crippen LogP contribution is -2.35. The van der Waals surface area contributed by atoms with Gasteiger partial charge < -0.3 is 10.1 Å². The van der Waals surface area contributed by atoms with Crippen LogP contribution in [0.3, 0.4) is 0 Å². The number of aryl methyl sites for hydroxylation is 1. The lowest BCUT2D eigenvalue weighted by molar-refractivity contribution is -0.116. The smallest absolute Gasteiger partial charge is 0.260 e. The molecule has 3 aromatic carbocycles. The van der Waals surface area contributed by atoms with Crippen LogP contribution < -0.4 is 15.6 Å². The minimum absolute atomic E-state index is 0.130. The molecule has 0 radical (unpaired) electrons. The second-order valence-electron chi connectivity index (χ2n) is 8.51. The summed E-state index contributed by atoms with van der Waals surface area (Å²) < 4.78 is 9.33. The number of carbonyl (C=O) groups is 1. The monoisotopic (exact) mass is 450 g/mol. The van der Waals surface area contributed by atoms with Crippen LogP contribution >= 0.6 is 0 Å². The highest BCUT2D eigenvalue weighted by molar-refractivity contribution is 5.96. The third-order valence-electron chi connectivity index (χ3n) is 6.38. The van der Waals surface area contributed by atoms with Crippen molar-refractivity contribution in [2.45, 2.75) is 18.9 Å². The number of nitrogens with one attached hydrogen (secondary N) is 1. The molecule has 1 N–H and O–H groups in total. The molecule has 1 aliphatic heterocycles. The Balaban J connectivity index is 1.42. The summed E-state index contributed by atoms with van der Waals surface area (Å²) in [6.45, 7) is 0.473. The number of ether oxygens (including phenoxy) is 1. The molecule has 1 amide bonds. The van der Waals surface area contributed by atoms with Gasteiger partial charge in [-0.1, -0.05) is 54.6 Å². The average molecular weight is 450 g/mol. The van der Waals surface area contributed by atoms with Gasteiger partial charge in [-0.05, 0) is 35.4 Å². The van der Waals surface area contributed by atoms with Crippen molar-refractivity contribution in [1.29, 1.82) is 0 Å². The quantitative estimate of drug-likeness (QED) is 0.444. The van der Waals surface area contributed by atoms with Crippen molar-refractivity contribution >= 4 is 28.5 Å². The van der Waals surface area contributed by atoms with Crippen molar-refractivity contribution in [3.8, 4) is 5.75 Å².